The highest BCUT2D eigenvalue weighted by Crippen LogP contribution is 2.15. The second kappa shape index (κ2) is 13.6. The number of aliphatic hydroxyl groups is 1. The Labute approximate surface area is 227 Å². The molecule has 1 amide bonds. The van der Waals surface area contributed by atoms with Gasteiger partial charge in [-0.3, -0.25) is 4.79 Å². The molecule has 39 heavy (non-hydrogen) atoms. The van der Waals surface area contributed by atoms with Crippen LogP contribution < -0.4 is 15.4 Å². The lowest BCUT2D eigenvalue weighted by atomic mass is 10.00. The number of nitrogens with one attached hydrogen (secondary N) is 3. The summed E-state index contributed by atoms with van der Waals surface area (Å²) in [6, 6.07) is 9.60. The van der Waals surface area contributed by atoms with Gasteiger partial charge in [0.2, 0.25) is 10.0 Å². The van der Waals surface area contributed by atoms with Crippen molar-refractivity contribution in [2.45, 2.75) is 52.3 Å². The Hall–Kier alpha value is -3.35. The summed E-state index contributed by atoms with van der Waals surface area (Å²) in [5.41, 5.74) is 2.19. The number of nitrogens with zero attached hydrogens (tertiary/aromatic N) is 1. The van der Waals surface area contributed by atoms with E-state index in [1.807, 2.05) is 24.3 Å². The molecule has 1 aromatic heterocycles. The predicted molar refractivity (Wildman–Crippen MR) is 144 cm³/mol. The fourth-order valence-electron chi connectivity index (χ4n) is 4.01. The van der Waals surface area contributed by atoms with Crippen LogP contribution in [-0.2, 0) is 29.4 Å². The van der Waals surface area contributed by atoms with E-state index in [4.69, 9.17) is 4.42 Å². The summed E-state index contributed by atoms with van der Waals surface area (Å²) in [4.78, 5) is 16.8. The number of aliphatic hydroxyl groups excluding tert-OH is 1. The van der Waals surface area contributed by atoms with Crippen LogP contribution in [0.4, 0.5) is 14.8 Å². The second-order valence-electron chi connectivity index (χ2n) is 9.75. The third-order valence-corrected chi connectivity index (χ3v) is 7.36. The molecule has 0 bridgehead atoms. The number of amides is 1. The first-order valence-corrected chi connectivity index (χ1v) is 14.3. The quantitative estimate of drug-likeness (QED) is 0.236. The molecule has 9 nitrogen and oxygen atoms in total. The van der Waals surface area contributed by atoms with Crippen molar-refractivity contribution in [2.75, 3.05) is 17.0 Å². The van der Waals surface area contributed by atoms with Crippen LogP contribution in [0.15, 0.2) is 53.1 Å². The Morgan fingerprint density at radius 2 is 1.77 bits per heavy atom. The minimum Gasteiger partial charge on any atom is -0.431 e. The second-order valence-corrected chi connectivity index (χ2v) is 11.5. The molecule has 12 heteroatoms. The van der Waals surface area contributed by atoms with E-state index in [-0.39, 0.29) is 41.9 Å². The Morgan fingerprint density at radius 3 is 2.44 bits per heavy atom. The van der Waals surface area contributed by atoms with Crippen molar-refractivity contribution in [2.24, 2.45) is 5.92 Å². The van der Waals surface area contributed by atoms with Gasteiger partial charge in [-0.25, -0.2) is 21.9 Å². The third-order valence-electron chi connectivity index (χ3n) is 5.77. The van der Waals surface area contributed by atoms with Gasteiger partial charge in [0.25, 0.3) is 5.91 Å². The fraction of sp³-hybridized carbons (Fsp3) is 0.407. The van der Waals surface area contributed by atoms with Gasteiger partial charge in [0.1, 0.15) is 17.9 Å². The van der Waals surface area contributed by atoms with Gasteiger partial charge in [-0.2, -0.15) is 4.98 Å². The zero-order valence-electron chi connectivity index (χ0n) is 22.1. The first kappa shape index (κ1) is 30.2. The lowest BCUT2D eigenvalue weighted by molar-refractivity contribution is 0.0825. The zero-order chi connectivity index (χ0) is 28.6. The molecular formula is C27H34F2N4O5S. The molecule has 3 rings (SSSR count). The van der Waals surface area contributed by atoms with Crippen molar-refractivity contribution in [3.63, 3.8) is 0 Å². The van der Waals surface area contributed by atoms with E-state index in [1.54, 1.807) is 13.8 Å². The number of rotatable bonds is 14. The summed E-state index contributed by atoms with van der Waals surface area (Å²) in [5.74, 6) is -2.63. The monoisotopic (exact) mass is 564 g/mol. The summed E-state index contributed by atoms with van der Waals surface area (Å²) in [6.45, 7) is 6.06. The summed E-state index contributed by atoms with van der Waals surface area (Å²) < 4.78 is 59.1. The lowest BCUT2D eigenvalue weighted by Gasteiger charge is -2.24. The number of hydrogen-bond acceptors (Lipinski definition) is 7. The minimum atomic E-state index is -3.73. The summed E-state index contributed by atoms with van der Waals surface area (Å²) in [6.07, 6.45) is 0.635. The highest BCUT2D eigenvalue weighted by atomic mass is 32.2. The van der Waals surface area contributed by atoms with Gasteiger partial charge in [0.05, 0.1) is 17.9 Å². The number of anilines is 1. The normalized spacial score (nSPS) is 13.3. The molecule has 212 valence electrons. The number of carbonyl (C=O) groups excluding carboxylic acids is 1. The molecule has 0 aliphatic carbocycles. The smallest absolute Gasteiger partial charge is 0.309 e. The van der Waals surface area contributed by atoms with Crippen molar-refractivity contribution in [3.05, 3.63) is 82.7 Å². The Balaban J connectivity index is 1.71. The van der Waals surface area contributed by atoms with E-state index < -0.39 is 39.7 Å². The Bertz CT molecular complexity index is 1340. The van der Waals surface area contributed by atoms with E-state index in [0.717, 1.165) is 36.4 Å². The van der Waals surface area contributed by atoms with Crippen LogP contribution in [0.3, 0.4) is 0 Å². The first-order valence-electron chi connectivity index (χ1n) is 12.6. The van der Waals surface area contributed by atoms with Gasteiger partial charge >= 0.3 is 6.01 Å². The topological polar surface area (TPSA) is 134 Å². The molecule has 2 unspecified atom stereocenters. The number of aromatic nitrogens is 1. The predicted octanol–water partition coefficient (Wildman–Crippen LogP) is 3.40. The third kappa shape index (κ3) is 9.72. The highest BCUT2D eigenvalue weighted by molar-refractivity contribution is 7.92. The van der Waals surface area contributed by atoms with Gasteiger partial charge in [0, 0.05) is 19.2 Å². The number of benzene rings is 2. The number of sulfonamides is 1. The van der Waals surface area contributed by atoms with Crippen LogP contribution in [0.1, 0.15) is 48.0 Å². The van der Waals surface area contributed by atoms with E-state index in [9.17, 15) is 27.1 Å². The van der Waals surface area contributed by atoms with Crippen molar-refractivity contribution in [1.82, 2.24) is 15.6 Å². The van der Waals surface area contributed by atoms with E-state index in [2.05, 4.69) is 27.3 Å². The lowest BCUT2D eigenvalue weighted by Crippen LogP contribution is -2.48. The largest absolute Gasteiger partial charge is 0.431 e. The van der Waals surface area contributed by atoms with Crippen molar-refractivity contribution in [3.8, 4) is 0 Å². The zero-order valence-corrected chi connectivity index (χ0v) is 22.9. The average molecular weight is 565 g/mol. The first-order chi connectivity index (χ1) is 18.4. The molecule has 0 radical (unpaired) electrons. The molecule has 2 aromatic carbocycles. The molecule has 0 fully saturated rings. The Kier molecular flexibility index (Phi) is 10.6. The molecule has 2 atom stereocenters. The van der Waals surface area contributed by atoms with Crippen LogP contribution >= 0.6 is 0 Å². The maximum absolute atomic E-state index is 13.8. The average Bonchev–Trinajstić information content (AvgIpc) is 3.30. The maximum atomic E-state index is 13.8. The number of carbonyl (C=O) groups is 1. The SMILES string of the molecule is CCc1cccc(CNCC(O)C(Cc2cc(F)cc(F)c2)NC(=O)c2coc(NS(=O)(=O)CC(C)C)n2)c1. The van der Waals surface area contributed by atoms with E-state index >= 15 is 0 Å². The van der Waals surface area contributed by atoms with Crippen molar-refractivity contribution < 1.29 is 31.5 Å². The molecule has 0 saturated heterocycles. The maximum Gasteiger partial charge on any atom is 0.309 e. The van der Waals surface area contributed by atoms with Gasteiger partial charge in [-0.05, 0) is 47.6 Å². The number of hydrogen-bond donors (Lipinski definition) is 4. The van der Waals surface area contributed by atoms with Crippen LogP contribution in [-0.4, -0.2) is 48.9 Å². The Morgan fingerprint density at radius 1 is 1.08 bits per heavy atom. The van der Waals surface area contributed by atoms with E-state index in [0.29, 0.717) is 6.54 Å². The minimum absolute atomic E-state index is 0.0676. The number of halogens is 2. The molecule has 0 aliphatic rings. The van der Waals surface area contributed by atoms with Gasteiger partial charge in [0.15, 0.2) is 5.69 Å². The molecule has 4 N–H and O–H groups in total. The van der Waals surface area contributed by atoms with E-state index in [1.165, 1.54) is 5.56 Å². The van der Waals surface area contributed by atoms with Crippen LogP contribution in [0.2, 0.25) is 0 Å². The van der Waals surface area contributed by atoms with Crippen LogP contribution in [0.5, 0.6) is 0 Å². The van der Waals surface area contributed by atoms with Crippen LogP contribution in [0.25, 0.3) is 0 Å². The molecular weight excluding hydrogens is 530 g/mol. The molecule has 0 saturated carbocycles. The number of oxazole rings is 1. The summed E-state index contributed by atoms with van der Waals surface area (Å²) in [5, 5.41) is 16.7. The van der Waals surface area contributed by atoms with Crippen molar-refractivity contribution in [1.29, 1.82) is 0 Å². The van der Waals surface area contributed by atoms with Crippen molar-refractivity contribution >= 4 is 21.9 Å². The van der Waals surface area contributed by atoms with Gasteiger partial charge < -0.3 is 20.2 Å². The number of aryl methyl sites for hydroxylation is 1. The molecule has 3 aromatic rings. The van der Waals surface area contributed by atoms with Gasteiger partial charge in [-0.1, -0.05) is 45.0 Å². The molecule has 0 aliphatic heterocycles. The van der Waals surface area contributed by atoms with Crippen LogP contribution in [0, 0.1) is 17.6 Å². The summed E-state index contributed by atoms with van der Waals surface area (Å²) >= 11 is 0. The molecule has 0 spiro atoms. The molecule has 1 heterocycles. The fourth-order valence-corrected chi connectivity index (χ4v) is 5.33. The highest BCUT2D eigenvalue weighted by Gasteiger charge is 2.25. The standard InChI is InChI=1S/C27H34F2N4O5S/c1-4-18-6-5-7-19(8-18)13-30-14-25(34)23(11-20-9-21(28)12-22(29)10-20)31-26(35)24-15-38-27(32-24)33-39(36,37)16-17(2)3/h5-10,12,15,17,23,25,30,34H,4,11,13-14,16H2,1-3H3,(H,31,35)(H,32,33). The summed E-state index contributed by atoms with van der Waals surface area (Å²) in [7, 11) is -3.73. The van der Waals surface area contributed by atoms with Gasteiger partial charge in [-0.15, -0.1) is 0 Å².